The van der Waals surface area contributed by atoms with Crippen molar-refractivity contribution < 1.29 is 9.90 Å². The number of aryl methyl sites for hydroxylation is 2. The lowest BCUT2D eigenvalue weighted by molar-refractivity contribution is 0.0690. The molecule has 5 heteroatoms. The van der Waals surface area contributed by atoms with Gasteiger partial charge in [0, 0.05) is 5.56 Å². The summed E-state index contributed by atoms with van der Waals surface area (Å²) in [5.41, 5.74) is 3.29. The number of nitrogens with zero attached hydrogens (tertiary/aromatic N) is 1. The molecule has 2 aromatic rings. The Kier molecular flexibility index (Phi) is 3.31. The summed E-state index contributed by atoms with van der Waals surface area (Å²) in [7, 11) is 0. The number of aromatic carboxylic acids is 1. The molecule has 0 radical (unpaired) electrons. The predicted molar refractivity (Wildman–Crippen MR) is 71.7 cm³/mol. The zero-order valence-electron chi connectivity index (χ0n) is 9.32. The third kappa shape index (κ3) is 2.40. The van der Waals surface area contributed by atoms with Gasteiger partial charge in [-0.1, -0.05) is 17.7 Å². The number of hydrogen-bond donors (Lipinski definition) is 1. The molecular formula is C12H10BrNO2S. The number of carbonyl (C=O) groups is 1. The van der Waals surface area contributed by atoms with Crippen LogP contribution in [0.3, 0.4) is 0 Å². The molecular weight excluding hydrogens is 302 g/mol. The number of hydrogen-bond acceptors (Lipinski definition) is 3. The van der Waals surface area contributed by atoms with Crippen LogP contribution in [-0.4, -0.2) is 16.1 Å². The van der Waals surface area contributed by atoms with E-state index in [-0.39, 0.29) is 5.69 Å². The van der Waals surface area contributed by atoms with Crippen molar-refractivity contribution in [3.05, 3.63) is 38.8 Å². The van der Waals surface area contributed by atoms with Crippen LogP contribution in [0.25, 0.3) is 10.6 Å². The molecule has 17 heavy (non-hydrogen) atoms. The molecule has 0 amide bonds. The van der Waals surface area contributed by atoms with E-state index >= 15 is 0 Å². The Balaban J connectivity index is 2.57. The second-order valence-electron chi connectivity index (χ2n) is 3.76. The van der Waals surface area contributed by atoms with Crippen LogP contribution in [0.5, 0.6) is 0 Å². The van der Waals surface area contributed by atoms with Crippen molar-refractivity contribution >= 4 is 33.2 Å². The maximum Gasteiger partial charge on any atom is 0.356 e. The first-order valence-corrected chi connectivity index (χ1v) is 6.57. The molecule has 0 unspecified atom stereocenters. The van der Waals surface area contributed by atoms with Gasteiger partial charge in [-0.2, -0.15) is 0 Å². The number of aromatic nitrogens is 1. The van der Waals surface area contributed by atoms with E-state index in [1.165, 1.54) is 11.3 Å². The minimum Gasteiger partial charge on any atom is -0.476 e. The monoisotopic (exact) mass is 311 g/mol. The highest BCUT2D eigenvalue weighted by Crippen LogP contribution is 2.34. The van der Waals surface area contributed by atoms with Crippen molar-refractivity contribution in [1.82, 2.24) is 4.98 Å². The summed E-state index contributed by atoms with van der Waals surface area (Å²) in [6.07, 6.45) is 0. The largest absolute Gasteiger partial charge is 0.476 e. The zero-order chi connectivity index (χ0) is 12.6. The van der Waals surface area contributed by atoms with Gasteiger partial charge in [0.05, 0.1) is 0 Å². The van der Waals surface area contributed by atoms with E-state index in [0.29, 0.717) is 3.79 Å². The molecule has 3 nitrogen and oxygen atoms in total. The fourth-order valence-corrected chi connectivity index (χ4v) is 3.10. The van der Waals surface area contributed by atoms with E-state index in [0.717, 1.165) is 21.7 Å². The highest BCUT2D eigenvalue weighted by molar-refractivity contribution is 9.11. The van der Waals surface area contributed by atoms with Crippen LogP contribution in [0.2, 0.25) is 0 Å². The third-order valence-electron chi connectivity index (χ3n) is 2.41. The van der Waals surface area contributed by atoms with Gasteiger partial charge < -0.3 is 5.11 Å². The molecule has 0 aliphatic carbocycles. The van der Waals surface area contributed by atoms with Crippen molar-refractivity contribution in [3.8, 4) is 10.6 Å². The lowest BCUT2D eigenvalue weighted by Gasteiger charge is -2.02. The maximum absolute atomic E-state index is 10.9. The van der Waals surface area contributed by atoms with Crippen LogP contribution < -0.4 is 0 Å². The van der Waals surface area contributed by atoms with Crippen LogP contribution in [0.4, 0.5) is 0 Å². The smallest absolute Gasteiger partial charge is 0.356 e. The first-order chi connectivity index (χ1) is 7.99. The minimum absolute atomic E-state index is 0.0749. The molecule has 2 rings (SSSR count). The summed E-state index contributed by atoms with van der Waals surface area (Å²) < 4.78 is 0.556. The van der Waals surface area contributed by atoms with Gasteiger partial charge in [-0.05, 0) is 41.4 Å². The number of carboxylic acid groups (broad SMARTS) is 1. The molecule has 0 saturated heterocycles. The molecule has 1 aromatic carbocycles. The average Bonchev–Trinajstić information content (AvgIpc) is 2.64. The lowest BCUT2D eigenvalue weighted by atomic mass is 10.1. The summed E-state index contributed by atoms with van der Waals surface area (Å²) in [4.78, 5) is 15.1. The number of benzene rings is 1. The SMILES string of the molecule is Cc1ccc(C)c(-c2nc(C(=O)O)c(Br)s2)c1. The van der Waals surface area contributed by atoms with Gasteiger partial charge in [-0.3, -0.25) is 0 Å². The van der Waals surface area contributed by atoms with Crippen LogP contribution in [0.1, 0.15) is 21.6 Å². The first kappa shape index (κ1) is 12.3. The van der Waals surface area contributed by atoms with E-state index in [4.69, 9.17) is 5.11 Å². The molecule has 0 spiro atoms. The van der Waals surface area contributed by atoms with Gasteiger partial charge in [0.15, 0.2) is 5.69 Å². The summed E-state index contributed by atoms with van der Waals surface area (Å²) in [6.45, 7) is 3.99. The summed E-state index contributed by atoms with van der Waals surface area (Å²) >= 11 is 4.58. The Morgan fingerprint density at radius 3 is 2.71 bits per heavy atom. The molecule has 1 N–H and O–H groups in total. The number of carboxylic acids is 1. The molecule has 1 heterocycles. The number of thiazole rings is 1. The van der Waals surface area contributed by atoms with Crippen LogP contribution in [0.15, 0.2) is 22.0 Å². The van der Waals surface area contributed by atoms with Crippen LogP contribution in [-0.2, 0) is 0 Å². The Labute approximate surface area is 111 Å². The van der Waals surface area contributed by atoms with Crippen molar-refractivity contribution in [3.63, 3.8) is 0 Å². The molecule has 0 aliphatic rings. The Morgan fingerprint density at radius 2 is 2.12 bits per heavy atom. The second kappa shape index (κ2) is 4.58. The van der Waals surface area contributed by atoms with Gasteiger partial charge in [0.25, 0.3) is 0 Å². The van der Waals surface area contributed by atoms with Gasteiger partial charge in [-0.15, -0.1) is 11.3 Å². The summed E-state index contributed by atoms with van der Waals surface area (Å²) in [5.74, 6) is -1.01. The standard InChI is InChI=1S/C12H10BrNO2S/c1-6-3-4-7(2)8(5-6)11-14-9(12(15)16)10(13)17-11/h3-5H,1-2H3,(H,15,16). The second-order valence-corrected chi connectivity index (χ2v) is 6.08. The Bertz CT molecular complexity index is 592. The van der Waals surface area contributed by atoms with Gasteiger partial charge in [0.2, 0.25) is 0 Å². The summed E-state index contributed by atoms with van der Waals surface area (Å²) in [6, 6.07) is 6.06. The molecule has 0 atom stereocenters. The van der Waals surface area contributed by atoms with E-state index in [9.17, 15) is 4.79 Å². The fourth-order valence-electron chi connectivity index (χ4n) is 1.51. The van der Waals surface area contributed by atoms with Crippen LogP contribution in [0, 0.1) is 13.8 Å². The molecule has 0 fully saturated rings. The van der Waals surface area contributed by atoms with Crippen LogP contribution >= 0.6 is 27.3 Å². The number of halogens is 1. The maximum atomic E-state index is 10.9. The van der Waals surface area contributed by atoms with E-state index in [1.807, 2.05) is 32.0 Å². The Morgan fingerprint density at radius 1 is 1.41 bits per heavy atom. The topological polar surface area (TPSA) is 50.2 Å². The third-order valence-corrected chi connectivity index (χ3v) is 4.15. The normalized spacial score (nSPS) is 10.5. The van der Waals surface area contributed by atoms with Gasteiger partial charge >= 0.3 is 5.97 Å². The Hall–Kier alpha value is -1.20. The molecule has 88 valence electrons. The average molecular weight is 312 g/mol. The van der Waals surface area contributed by atoms with Gasteiger partial charge in [-0.25, -0.2) is 9.78 Å². The molecule has 0 aliphatic heterocycles. The van der Waals surface area contributed by atoms with Crippen molar-refractivity contribution in [2.45, 2.75) is 13.8 Å². The molecule has 0 saturated carbocycles. The highest BCUT2D eigenvalue weighted by atomic mass is 79.9. The predicted octanol–water partition coefficient (Wildman–Crippen LogP) is 3.89. The van der Waals surface area contributed by atoms with Crippen molar-refractivity contribution in [1.29, 1.82) is 0 Å². The fraction of sp³-hybridized carbons (Fsp3) is 0.167. The summed E-state index contributed by atoms with van der Waals surface area (Å²) in [5, 5.41) is 9.70. The first-order valence-electron chi connectivity index (χ1n) is 4.96. The van der Waals surface area contributed by atoms with Gasteiger partial charge in [0.1, 0.15) is 8.79 Å². The quantitative estimate of drug-likeness (QED) is 0.915. The van der Waals surface area contributed by atoms with Crippen molar-refractivity contribution in [2.75, 3.05) is 0 Å². The lowest BCUT2D eigenvalue weighted by Crippen LogP contribution is -1.97. The zero-order valence-corrected chi connectivity index (χ0v) is 11.7. The number of rotatable bonds is 2. The van der Waals surface area contributed by atoms with E-state index in [2.05, 4.69) is 20.9 Å². The van der Waals surface area contributed by atoms with E-state index < -0.39 is 5.97 Å². The molecule has 0 bridgehead atoms. The minimum atomic E-state index is -1.01. The highest BCUT2D eigenvalue weighted by Gasteiger charge is 2.17. The van der Waals surface area contributed by atoms with E-state index in [1.54, 1.807) is 0 Å². The molecule has 1 aromatic heterocycles. The van der Waals surface area contributed by atoms with Crippen molar-refractivity contribution in [2.24, 2.45) is 0 Å².